The van der Waals surface area contributed by atoms with Crippen molar-refractivity contribution in [2.45, 2.75) is 32.4 Å². The van der Waals surface area contributed by atoms with Crippen molar-refractivity contribution in [1.29, 1.82) is 0 Å². The summed E-state index contributed by atoms with van der Waals surface area (Å²) in [4.78, 5) is 0. The Morgan fingerprint density at radius 3 is 2.57 bits per heavy atom. The monoisotopic (exact) mass is 281 g/mol. The number of benzene rings is 2. The molecule has 1 fully saturated rings. The largest absolute Gasteiger partial charge is 0.497 e. The lowest BCUT2D eigenvalue weighted by molar-refractivity contribution is 0.413. The molecule has 0 aliphatic heterocycles. The van der Waals surface area contributed by atoms with Gasteiger partial charge in [0.2, 0.25) is 0 Å². The molecule has 0 aromatic heterocycles. The molecule has 1 aliphatic rings. The van der Waals surface area contributed by atoms with Crippen LogP contribution in [0.5, 0.6) is 5.75 Å². The maximum Gasteiger partial charge on any atom is 0.119 e. The second-order valence-corrected chi connectivity index (χ2v) is 5.96. The number of ether oxygens (including phenoxy) is 1. The molecule has 0 radical (unpaired) electrons. The van der Waals surface area contributed by atoms with Crippen LogP contribution in [0.2, 0.25) is 0 Å². The van der Waals surface area contributed by atoms with E-state index in [4.69, 9.17) is 4.74 Å². The molecule has 1 unspecified atom stereocenters. The summed E-state index contributed by atoms with van der Waals surface area (Å²) in [5.41, 5.74) is 4.00. The third kappa shape index (κ3) is 3.64. The number of hydrogen-bond donors (Lipinski definition) is 1. The Morgan fingerprint density at radius 1 is 1.14 bits per heavy atom. The molecule has 1 saturated carbocycles. The van der Waals surface area contributed by atoms with Gasteiger partial charge in [0.05, 0.1) is 7.11 Å². The first-order chi connectivity index (χ1) is 10.3. The molecule has 2 aromatic carbocycles. The zero-order chi connectivity index (χ0) is 14.7. The van der Waals surface area contributed by atoms with E-state index in [1.165, 1.54) is 29.5 Å². The predicted molar refractivity (Wildman–Crippen MR) is 86.5 cm³/mol. The molecule has 2 heteroatoms. The molecular formula is C19H23NO. The average molecular weight is 281 g/mol. The number of hydrogen-bond acceptors (Lipinski definition) is 2. The van der Waals surface area contributed by atoms with Gasteiger partial charge in [-0.2, -0.15) is 0 Å². The van der Waals surface area contributed by atoms with E-state index >= 15 is 0 Å². The number of methoxy groups -OCH3 is 1. The second-order valence-electron chi connectivity index (χ2n) is 5.96. The predicted octanol–water partition coefficient (Wildman–Crippen LogP) is 4.24. The van der Waals surface area contributed by atoms with Gasteiger partial charge in [-0.3, -0.25) is 0 Å². The molecule has 0 spiro atoms. The molecule has 1 aliphatic carbocycles. The molecule has 0 heterocycles. The van der Waals surface area contributed by atoms with Crippen molar-refractivity contribution in [2.75, 3.05) is 7.11 Å². The molecule has 0 bridgehead atoms. The van der Waals surface area contributed by atoms with E-state index in [2.05, 4.69) is 48.6 Å². The van der Waals surface area contributed by atoms with E-state index in [1.807, 2.05) is 12.1 Å². The first-order valence-corrected chi connectivity index (χ1v) is 7.69. The van der Waals surface area contributed by atoms with Crippen molar-refractivity contribution in [2.24, 2.45) is 5.92 Å². The molecule has 2 nitrogen and oxygen atoms in total. The molecule has 21 heavy (non-hydrogen) atoms. The van der Waals surface area contributed by atoms with Crippen molar-refractivity contribution in [3.63, 3.8) is 0 Å². The Kier molecular flexibility index (Phi) is 4.26. The first kappa shape index (κ1) is 14.2. The highest BCUT2D eigenvalue weighted by molar-refractivity contribution is 5.29. The van der Waals surface area contributed by atoms with Crippen LogP contribution in [-0.4, -0.2) is 7.11 Å². The lowest BCUT2D eigenvalue weighted by atomic mass is 10.0. The summed E-state index contributed by atoms with van der Waals surface area (Å²) < 4.78 is 5.29. The molecule has 1 atom stereocenters. The minimum Gasteiger partial charge on any atom is -0.497 e. The van der Waals surface area contributed by atoms with Crippen molar-refractivity contribution in [1.82, 2.24) is 5.32 Å². The van der Waals surface area contributed by atoms with Crippen molar-refractivity contribution in [3.8, 4) is 5.75 Å². The second kappa shape index (κ2) is 6.31. The normalized spacial score (nSPS) is 15.7. The lowest BCUT2D eigenvalue weighted by Crippen LogP contribution is -2.22. The Balaban J connectivity index is 1.69. The lowest BCUT2D eigenvalue weighted by Gasteiger charge is -2.19. The number of nitrogens with one attached hydrogen (secondary N) is 1. The van der Waals surface area contributed by atoms with Gasteiger partial charge in [0.25, 0.3) is 0 Å². The summed E-state index contributed by atoms with van der Waals surface area (Å²) in [6.45, 7) is 3.02. The van der Waals surface area contributed by atoms with Crippen LogP contribution in [0, 0.1) is 12.8 Å². The summed E-state index contributed by atoms with van der Waals surface area (Å²) in [5, 5.41) is 3.73. The van der Waals surface area contributed by atoms with Crippen LogP contribution in [0.4, 0.5) is 0 Å². The molecule has 0 saturated heterocycles. The van der Waals surface area contributed by atoms with Crippen LogP contribution in [0.15, 0.2) is 48.5 Å². The summed E-state index contributed by atoms with van der Waals surface area (Å²) in [5.74, 6) is 1.71. The van der Waals surface area contributed by atoms with Gasteiger partial charge in [0.1, 0.15) is 5.75 Å². The quantitative estimate of drug-likeness (QED) is 0.855. The minimum atomic E-state index is 0.469. The van der Waals surface area contributed by atoms with Gasteiger partial charge in [-0.05, 0) is 48.9 Å². The van der Waals surface area contributed by atoms with Gasteiger partial charge >= 0.3 is 0 Å². The summed E-state index contributed by atoms with van der Waals surface area (Å²) in [6, 6.07) is 17.7. The van der Waals surface area contributed by atoms with Crippen LogP contribution < -0.4 is 10.1 Å². The highest BCUT2D eigenvalue weighted by atomic mass is 16.5. The van der Waals surface area contributed by atoms with E-state index in [-0.39, 0.29) is 0 Å². The standard InChI is InChI=1S/C19H23NO/c1-14-6-8-16(9-7-14)19(17-10-11-17)20-13-15-4-3-5-18(12-15)21-2/h3-9,12,17,19-20H,10-11,13H2,1-2H3. The smallest absolute Gasteiger partial charge is 0.119 e. The van der Waals surface area contributed by atoms with Crippen LogP contribution >= 0.6 is 0 Å². The molecular weight excluding hydrogens is 258 g/mol. The maximum absolute atomic E-state index is 5.29. The van der Waals surface area contributed by atoms with E-state index in [9.17, 15) is 0 Å². The first-order valence-electron chi connectivity index (χ1n) is 7.69. The van der Waals surface area contributed by atoms with E-state index in [0.717, 1.165) is 18.2 Å². The van der Waals surface area contributed by atoms with Gasteiger partial charge in [0.15, 0.2) is 0 Å². The van der Waals surface area contributed by atoms with Gasteiger partial charge < -0.3 is 10.1 Å². The van der Waals surface area contributed by atoms with E-state index in [1.54, 1.807) is 7.11 Å². The average Bonchev–Trinajstić information content (AvgIpc) is 3.34. The van der Waals surface area contributed by atoms with Crippen LogP contribution in [0.3, 0.4) is 0 Å². The summed E-state index contributed by atoms with van der Waals surface area (Å²) >= 11 is 0. The Hall–Kier alpha value is -1.80. The zero-order valence-corrected chi connectivity index (χ0v) is 12.8. The van der Waals surface area contributed by atoms with Crippen molar-refractivity contribution < 1.29 is 4.74 Å². The Bertz CT molecular complexity index is 587. The summed E-state index contributed by atoms with van der Waals surface area (Å²) in [6.07, 6.45) is 2.67. The fourth-order valence-electron chi connectivity index (χ4n) is 2.77. The van der Waals surface area contributed by atoms with Gasteiger partial charge in [-0.25, -0.2) is 0 Å². The summed E-state index contributed by atoms with van der Waals surface area (Å²) in [7, 11) is 1.71. The highest BCUT2D eigenvalue weighted by Crippen LogP contribution is 2.41. The van der Waals surface area contributed by atoms with Crippen molar-refractivity contribution in [3.05, 3.63) is 65.2 Å². The molecule has 1 N–H and O–H groups in total. The van der Waals surface area contributed by atoms with E-state index in [0.29, 0.717) is 6.04 Å². The third-order valence-electron chi connectivity index (χ3n) is 4.19. The zero-order valence-electron chi connectivity index (χ0n) is 12.8. The molecule has 2 aromatic rings. The fraction of sp³-hybridized carbons (Fsp3) is 0.368. The van der Waals surface area contributed by atoms with Crippen LogP contribution in [0.1, 0.15) is 35.6 Å². The van der Waals surface area contributed by atoms with E-state index < -0.39 is 0 Å². The maximum atomic E-state index is 5.29. The van der Waals surface area contributed by atoms with Crippen LogP contribution in [-0.2, 0) is 6.54 Å². The highest BCUT2D eigenvalue weighted by Gasteiger charge is 2.31. The fourth-order valence-corrected chi connectivity index (χ4v) is 2.77. The topological polar surface area (TPSA) is 21.3 Å². The number of aryl methyl sites for hydroxylation is 1. The molecule has 110 valence electrons. The van der Waals surface area contributed by atoms with Gasteiger partial charge in [0, 0.05) is 12.6 Å². The number of rotatable bonds is 6. The third-order valence-corrected chi connectivity index (χ3v) is 4.19. The SMILES string of the molecule is COc1cccc(CNC(c2ccc(C)cc2)C2CC2)c1. The Labute approximate surface area is 127 Å². The minimum absolute atomic E-state index is 0.469. The van der Waals surface area contributed by atoms with Crippen LogP contribution in [0.25, 0.3) is 0 Å². The Morgan fingerprint density at radius 2 is 1.90 bits per heavy atom. The van der Waals surface area contributed by atoms with Gasteiger partial charge in [-0.1, -0.05) is 42.0 Å². The molecule has 0 amide bonds. The molecule has 3 rings (SSSR count). The van der Waals surface area contributed by atoms with Crippen molar-refractivity contribution >= 4 is 0 Å². The van der Waals surface area contributed by atoms with Gasteiger partial charge in [-0.15, -0.1) is 0 Å².